The van der Waals surface area contributed by atoms with Gasteiger partial charge in [-0.15, -0.1) is 0 Å². The van der Waals surface area contributed by atoms with Crippen LogP contribution >= 0.6 is 0 Å². The third-order valence-corrected chi connectivity index (χ3v) is 2.06. The van der Waals surface area contributed by atoms with E-state index in [9.17, 15) is 9.59 Å². The molecule has 82 valence electrons. The molecule has 5 nitrogen and oxygen atoms in total. The van der Waals surface area contributed by atoms with Crippen molar-refractivity contribution in [3.05, 3.63) is 0 Å². The average molecular weight is 202 g/mol. The van der Waals surface area contributed by atoms with Gasteiger partial charge in [0.2, 0.25) is 5.91 Å². The van der Waals surface area contributed by atoms with Gasteiger partial charge in [-0.3, -0.25) is 9.59 Å². The third kappa shape index (κ3) is 4.23. The lowest BCUT2D eigenvalue weighted by Crippen LogP contribution is -2.43. The van der Waals surface area contributed by atoms with Crippen LogP contribution in [0, 0.1) is 0 Å². The molecule has 0 aromatic carbocycles. The predicted octanol–water partition coefficient (Wildman–Crippen LogP) is 0.0469. The average Bonchev–Trinajstić information content (AvgIpc) is 2.15. The molecular formula is C9H18N2O3. The molecule has 14 heavy (non-hydrogen) atoms. The van der Waals surface area contributed by atoms with Gasteiger partial charge in [0.25, 0.3) is 0 Å². The Labute approximate surface area is 83.9 Å². The summed E-state index contributed by atoms with van der Waals surface area (Å²) < 4.78 is 0. The van der Waals surface area contributed by atoms with E-state index in [2.05, 4.69) is 0 Å². The first-order valence-electron chi connectivity index (χ1n) is 4.79. The Kier molecular flexibility index (Phi) is 5.87. The van der Waals surface area contributed by atoms with E-state index in [1.807, 2.05) is 13.8 Å². The summed E-state index contributed by atoms with van der Waals surface area (Å²) in [5, 5.41) is 8.42. The molecule has 5 heteroatoms. The van der Waals surface area contributed by atoms with Crippen LogP contribution in [0.4, 0.5) is 0 Å². The first-order valence-corrected chi connectivity index (χ1v) is 4.79. The van der Waals surface area contributed by atoms with Crippen LogP contribution in [-0.4, -0.2) is 41.0 Å². The Bertz CT molecular complexity index is 202. The van der Waals surface area contributed by atoms with Crippen molar-refractivity contribution in [1.29, 1.82) is 0 Å². The lowest BCUT2D eigenvalue weighted by atomic mass is 10.1. The minimum atomic E-state index is -0.923. The highest BCUT2D eigenvalue weighted by atomic mass is 16.4. The fourth-order valence-corrected chi connectivity index (χ4v) is 1.17. The van der Waals surface area contributed by atoms with Gasteiger partial charge in [-0.25, -0.2) is 0 Å². The quantitative estimate of drug-likeness (QED) is 0.637. The van der Waals surface area contributed by atoms with Crippen molar-refractivity contribution in [3.8, 4) is 0 Å². The van der Waals surface area contributed by atoms with Crippen LogP contribution in [-0.2, 0) is 9.59 Å². The number of nitrogens with two attached hydrogens (primary N) is 1. The van der Waals surface area contributed by atoms with Gasteiger partial charge < -0.3 is 15.7 Å². The molecule has 0 radical (unpaired) electrons. The Morgan fingerprint density at radius 1 is 1.36 bits per heavy atom. The number of carboxylic acid groups (broad SMARTS) is 1. The molecule has 0 aliphatic rings. The van der Waals surface area contributed by atoms with Crippen molar-refractivity contribution in [2.45, 2.75) is 32.7 Å². The van der Waals surface area contributed by atoms with Crippen LogP contribution in [0.3, 0.4) is 0 Å². The van der Waals surface area contributed by atoms with E-state index < -0.39 is 12.0 Å². The van der Waals surface area contributed by atoms with Crippen molar-refractivity contribution in [2.24, 2.45) is 5.73 Å². The Hall–Kier alpha value is -1.10. The summed E-state index contributed by atoms with van der Waals surface area (Å²) in [7, 11) is 0. The first-order chi connectivity index (χ1) is 6.52. The summed E-state index contributed by atoms with van der Waals surface area (Å²) in [6, 6.07) is -0.689. The van der Waals surface area contributed by atoms with Crippen molar-refractivity contribution in [2.75, 3.05) is 13.1 Å². The number of amides is 1. The fourth-order valence-electron chi connectivity index (χ4n) is 1.17. The van der Waals surface area contributed by atoms with Gasteiger partial charge in [0.1, 0.15) is 0 Å². The van der Waals surface area contributed by atoms with Crippen molar-refractivity contribution in [1.82, 2.24) is 4.90 Å². The van der Waals surface area contributed by atoms with E-state index >= 15 is 0 Å². The molecule has 0 aliphatic carbocycles. The van der Waals surface area contributed by atoms with Crippen LogP contribution in [0.15, 0.2) is 0 Å². The molecule has 0 bridgehead atoms. The number of likely N-dealkylation sites (N-methyl/N-ethyl adjacent to an activating group) is 1. The number of rotatable bonds is 6. The molecule has 0 spiro atoms. The summed E-state index contributed by atoms with van der Waals surface area (Å²) in [4.78, 5) is 23.4. The van der Waals surface area contributed by atoms with Gasteiger partial charge in [0.15, 0.2) is 0 Å². The zero-order valence-electron chi connectivity index (χ0n) is 8.69. The second-order valence-electron chi connectivity index (χ2n) is 3.05. The Balaban J connectivity index is 4.03. The zero-order valence-corrected chi connectivity index (χ0v) is 8.69. The molecule has 0 rings (SSSR count). The smallest absolute Gasteiger partial charge is 0.303 e. The summed E-state index contributed by atoms with van der Waals surface area (Å²) in [5.41, 5.74) is 5.56. The number of hydrogen-bond acceptors (Lipinski definition) is 3. The molecule has 3 N–H and O–H groups in total. The fraction of sp³-hybridized carbons (Fsp3) is 0.778. The maximum absolute atomic E-state index is 11.5. The lowest BCUT2D eigenvalue weighted by Gasteiger charge is -2.22. The molecule has 1 amide bonds. The number of aliphatic carboxylic acids is 1. The molecular weight excluding hydrogens is 184 g/mol. The maximum Gasteiger partial charge on any atom is 0.303 e. The van der Waals surface area contributed by atoms with E-state index in [4.69, 9.17) is 10.8 Å². The second-order valence-corrected chi connectivity index (χ2v) is 3.05. The van der Waals surface area contributed by atoms with Gasteiger partial charge in [-0.05, 0) is 20.3 Å². The standard InChI is InChI=1S/C9H18N2O3/c1-3-11(4-2)9(14)7(10)5-6-8(12)13/h7H,3-6,10H2,1-2H3,(H,12,13)/t7-/m0/s1. The maximum atomic E-state index is 11.5. The van der Waals surface area contributed by atoms with E-state index in [-0.39, 0.29) is 18.7 Å². The number of carbonyl (C=O) groups is 2. The first kappa shape index (κ1) is 12.9. The summed E-state index contributed by atoms with van der Waals surface area (Å²) >= 11 is 0. The van der Waals surface area contributed by atoms with Crippen LogP contribution < -0.4 is 5.73 Å². The number of hydrogen-bond donors (Lipinski definition) is 2. The molecule has 0 fully saturated rings. The SMILES string of the molecule is CCN(CC)C(=O)[C@@H](N)CCC(=O)O. The van der Waals surface area contributed by atoms with Gasteiger partial charge in [0, 0.05) is 19.5 Å². The number of nitrogens with zero attached hydrogens (tertiary/aromatic N) is 1. The summed E-state index contributed by atoms with van der Waals surface area (Å²) in [6.07, 6.45) is 0.138. The number of carboxylic acids is 1. The molecule has 0 saturated heterocycles. The molecule has 0 aliphatic heterocycles. The molecule has 0 unspecified atom stereocenters. The monoisotopic (exact) mass is 202 g/mol. The van der Waals surface area contributed by atoms with Crippen LogP contribution in [0.1, 0.15) is 26.7 Å². The second kappa shape index (κ2) is 6.37. The van der Waals surface area contributed by atoms with Crippen LogP contribution in [0.2, 0.25) is 0 Å². The van der Waals surface area contributed by atoms with Crippen LogP contribution in [0.25, 0.3) is 0 Å². The molecule has 0 saturated carbocycles. The highest BCUT2D eigenvalue weighted by molar-refractivity contribution is 5.82. The minimum absolute atomic E-state index is 0.0613. The van der Waals surface area contributed by atoms with Gasteiger partial charge in [0.05, 0.1) is 6.04 Å². The van der Waals surface area contributed by atoms with E-state index in [0.717, 1.165) is 0 Å². The van der Waals surface area contributed by atoms with Gasteiger partial charge in [-0.2, -0.15) is 0 Å². The highest BCUT2D eigenvalue weighted by Gasteiger charge is 2.18. The zero-order chi connectivity index (χ0) is 11.1. The van der Waals surface area contributed by atoms with Crippen molar-refractivity contribution in [3.63, 3.8) is 0 Å². The number of carbonyl (C=O) groups excluding carboxylic acids is 1. The van der Waals surface area contributed by atoms with E-state index in [1.54, 1.807) is 4.90 Å². The topological polar surface area (TPSA) is 83.6 Å². The largest absolute Gasteiger partial charge is 0.481 e. The van der Waals surface area contributed by atoms with E-state index in [1.165, 1.54) is 0 Å². The molecule has 0 aromatic heterocycles. The van der Waals surface area contributed by atoms with Gasteiger partial charge >= 0.3 is 5.97 Å². The highest BCUT2D eigenvalue weighted by Crippen LogP contribution is 2.00. The van der Waals surface area contributed by atoms with Crippen LogP contribution in [0.5, 0.6) is 0 Å². The lowest BCUT2D eigenvalue weighted by molar-refractivity contribution is -0.137. The van der Waals surface area contributed by atoms with Crippen molar-refractivity contribution < 1.29 is 14.7 Å². The van der Waals surface area contributed by atoms with Crippen molar-refractivity contribution >= 4 is 11.9 Å². The third-order valence-electron chi connectivity index (χ3n) is 2.06. The predicted molar refractivity (Wildman–Crippen MR) is 52.8 cm³/mol. The molecule has 0 aromatic rings. The normalized spacial score (nSPS) is 12.2. The summed E-state index contributed by atoms with van der Waals surface area (Å²) in [5.74, 6) is -1.09. The Morgan fingerprint density at radius 2 is 1.86 bits per heavy atom. The van der Waals surface area contributed by atoms with Gasteiger partial charge in [-0.1, -0.05) is 0 Å². The van der Waals surface area contributed by atoms with E-state index in [0.29, 0.717) is 13.1 Å². The molecule has 1 atom stereocenters. The summed E-state index contributed by atoms with van der Waals surface area (Å²) in [6.45, 7) is 4.95. The molecule has 0 heterocycles. The Morgan fingerprint density at radius 3 is 2.21 bits per heavy atom. The minimum Gasteiger partial charge on any atom is -0.481 e.